The molecule has 2 aliphatic heterocycles. The summed E-state index contributed by atoms with van der Waals surface area (Å²) in [6.07, 6.45) is 0. The Bertz CT molecular complexity index is 716. The van der Waals surface area contributed by atoms with Crippen molar-refractivity contribution in [2.45, 2.75) is 0 Å². The largest absolute Gasteiger partial charge is 2.00 e. The van der Waals surface area contributed by atoms with Crippen molar-refractivity contribution in [2.24, 2.45) is 9.98 Å². The minimum Gasteiger partial charge on any atom is -0.872 e. The van der Waals surface area contributed by atoms with E-state index in [1.54, 1.807) is 36.4 Å². The maximum absolute atomic E-state index is 11.3. The van der Waals surface area contributed by atoms with E-state index >= 15 is 0 Å². The number of hydrogen-bond acceptors (Lipinski definition) is 7. The molecule has 4 rings (SSSR count). The molecular weight excluding hydrogens is 398 g/mol. The topological polar surface area (TPSA) is 115 Å². The predicted octanol–water partition coefficient (Wildman–Crippen LogP) is -0.174. The fraction of sp³-hybridized carbons (Fsp3) is 0.263. The molecule has 2 aromatic carbocycles. The summed E-state index contributed by atoms with van der Waals surface area (Å²) in [4.78, 5) is 8.34. The Balaban J connectivity index is 0.000000239. The second kappa shape index (κ2) is 12.0. The molecule has 0 saturated heterocycles. The van der Waals surface area contributed by atoms with Crippen LogP contribution in [-0.4, -0.2) is 50.1 Å². The van der Waals surface area contributed by atoms with E-state index in [0.717, 1.165) is 45.0 Å². The van der Waals surface area contributed by atoms with Crippen LogP contribution in [0, 0.1) is 0 Å². The molecule has 0 aromatic heterocycles. The third-order valence-electron chi connectivity index (χ3n) is 3.63. The van der Waals surface area contributed by atoms with Crippen molar-refractivity contribution in [3.63, 3.8) is 0 Å². The molecule has 0 amide bonds. The van der Waals surface area contributed by atoms with Crippen LogP contribution in [0.25, 0.3) is 0 Å². The van der Waals surface area contributed by atoms with Gasteiger partial charge >= 0.3 is 19.5 Å². The van der Waals surface area contributed by atoms with Gasteiger partial charge in [0.15, 0.2) is 0 Å². The van der Waals surface area contributed by atoms with E-state index in [4.69, 9.17) is 5.11 Å². The fourth-order valence-corrected chi connectivity index (χ4v) is 2.48. The van der Waals surface area contributed by atoms with E-state index in [9.17, 15) is 10.2 Å². The van der Waals surface area contributed by atoms with E-state index in [0.29, 0.717) is 11.1 Å². The summed E-state index contributed by atoms with van der Waals surface area (Å²) in [5.41, 5.74) is 1.35. The van der Waals surface area contributed by atoms with Crippen LogP contribution < -0.4 is 20.8 Å². The molecule has 0 spiro atoms. The summed E-state index contributed by atoms with van der Waals surface area (Å²) in [5, 5.41) is 35.7. The molecule has 2 heterocycles. The zero-order chi connectivity index (χ0) is 18.8. The van der Waals surface area contributed by atoms with E-state index in [-0.39, 0.29) is 31.0 Å². The molecule has 0 fully saturated rings. The van der Waals surface area contributed by atoms with Gasteiger partial charge in [0.2, 0.25) is 0 Å². The van der Waals surface area contributed by atoms with Gasteiger partial charge in [-0.2, -0.15) is 0 Å². The second-order valence-corrected chi connectivity index (χ2v) is 5.31. The molecule has 0 unspecified atom stereocenters. The first-order chi connectivity index (χ1) is 12.8. The molecule has 2 aliphatic rings. The smallest absolute Gasteiger partial charge is 0.872 e. The molecule has 0 atom stereocenters. The van der Waals surface area contributed by atoms with E-state index in [2.05, 4.69) is 20.6 Å². The quantitative estimate of drug-likeness (QED) is 0.584. The maximum Gasteiger partial charge on any atom is 2.00 e. The van der Waals surface area contributed by atoms with Crippen molar-refractivity contribution < 1.29 is 34.8 Å². The predicted molar refractivity (Wildman–Crippen MR) is 98.7 cm³/mol. The number of aliphatic hydroxyl groups excluding tert-OH is 1. The number of nitrogens with one attached hydrogen (secondary N) is 2. The van der Waals surface area contributed by atoms with Gasteiger partial charge in [-0.15, -0.1) is 0 Å². The van der Waals surface area contributed by atoms with Crippen LogP contribution >= 0.6 is 0 Å². The number of aliphatic imine (C=N–C) groups is 2. The second-order valence-electron chi connectivity index (χ2n) is 5.31. The molecule has 0 aliphatic carbocycles. The molecule has 0 saturated carbocycles. The van der Waals surface area contributed by atoms with Gasteiger partial charge < -0.3 is 26.0 Å². The molecule has 8 heteroatoms. The van der Waals surface area contributed by atoms with Crippen LogP contribution in [0.4, 0.5) is 0 Å². The zero-order valence-electron chi connectivity index (χ0n) is 15.3. The monoisotopic (exact) mass is 418 g/mol. The Kier molecular flexibility index (Phi) is 10.1. The number of aliphatic hydroxyl groups is 1. The Hall–Kier alpha value is -2.44. The zero-order valence-corrected chi connectivity index (χ0v) is 18.3. The Morgan fingerprint density at radius 2 is 1.11 bits per heavy atom. The Morgan fingerprint density at radius 1 is 0.741 bits per heavy atom. The minimum absolute atomic E-state index is 0. The summed E-state index contributed by atoms with van der Waals surface area (Å²) >= 11 is 0. The summed E-state index contributed by atoms with van der Waals surface area (Å²) in [6, 6.07) is 13.9. The van der Waals surface area contributed by atoms with Gasteiger partial charge in [0.05, 0.1) is 13.1 Å². The summed E-state index contributed by atoms with van der Waals surface area (Å²) in [5.74, 6) is 1.54. The molecule has 138 valence electrons. The van der Waals surface area contributed by atoms with Gasteiger partial charge in [-0.25, -0.2) is 0 Å². The third kappa shape index (κ3) is 6.34. The third-order valence-corrected chi connectivity index (χ3v) is 3.63. The minimum atomic E-state index is 0. The van der Waals surface area contributed by atoms with Gasteiger partial charge in [0.25, 0.3) is 0 Å². The summed E-state index contributed by atoms with van der Waals surface area (Å²) < 4.78 is 0. The first kappa shape index (κ1) is 22.6. The number of benzene rings is 2. The Morgan fingerprint density at radius 3 is 1.41 bits per heavy atom. The van der Waals surface area contributed by atoms with Crippen LogP contribution in [0.15, 0.2) is 58.5 Å². The van der Waals surface area contributed by atoms with Gasteiger partial charge in [-0.3, -0.25) is 9.98 Å². The van der Waals surface area contributed by atoms with E-state index in [1.165, 1.54) is 0 Å². The molecule has 2 aromatic rings. The number of amidine groups is 2. The van der Waals surface area contributed by atoms with Crippen LogP contribution in [0.2, 0.25) is 0 Å². The fourth-order valence-electron chi connectivity index (χ4n) is 2.48. The number of hydrogen-bond donors (Lipinski definition) is 3. The van der Waals surface area contributed by atoms with Gasteiger partial charge in [-0.1, -0.05) is 60.0 Å². The first-order valence-electron chi connectivity index (χ1n) is 8.30. The van der Waals surface area contributed by atoms with Crippen molar-refractivity contribution in [1.29, 1.82) is 0 Å². The molecule has 3 N–H and O–H groups in total. The van der Waals surface area contributed by atoms with Crippen LogP contribution in [-0.2, 0) is 19.5 Å². The average molecular weight is 420 g/mol. The van der Waals surface area contributed by atoms with Crippen molar-refractivity contribution in [3.05, 3.63) is 59.7 Å². The number of para-hydroxylation sites is 2. The van der Waals surface area contributed by atoms with Crippen LogP contribution in [0.5, 0.6) is 11.5 Å². The molecular formula is C19H22N4O3Zn. The normalized spacial score (nSPS) is 14.0. The number of rotatable bonds is 2. The van der Waals surface area contributed by atoms with Gasteiger partial charge in [-0.05, 0) is 0 Å². The standard InChI is InChI=1S/2C9H10N2O.CH4O.Zn/c2*12-8-4-2-1-3-7(8)9-10-5-6-11-9;1-2;/h2*1-4,12H,5-6H2,(H,10,11);2H,1H3;/q;;;+2/p-2. The summed E-state index contributed by atoms with van der Waals surface area (Å²) in [7, 11) is 1.00. The molecule has 0 radical (unpaired) electrons. The SMILES string of the molecule is CO.[O-]c1ccccc1C1=NCCN1.[O-]c1ccccc1C1=NCCN1.[Zn+2]. The molecule has 27 heavy (non-hydrogen) atoms. The number of nitrogens with zero attached hydrogens (tertiary/aromatic N) is 2. The summed E-state index contributed by atoms with van der Waals surface area (Å²) in [6.45, 7) is 3.21. The van der Waals surface area contributed by atoms with Crippen molar-refractivity contribution >= 4 is 11.7 Å². The van der Waals surface area contributed by atoms with Crippen molar-refractivity contribution in [2.75, 3.05) is 33.3 Å². The Labute approximate surface area is 171 Å². The molecule has 0 bridgehead atoms. The van der Waals surface area contributed by atoms with Crippen LogP contribution in [0.3, 0.4) is 0 Å². The van der Waals surface area contributed by atoms with Crippen molar-refractivity contribution in [3.8, 4) is 11.5 Å². The van der Waals surface area contributed by atoms with Gasteiger partial charge in [0.1, 0.15) is 11.7 Å². The van der Waals surface area contributed by atoms with Gasteiger partial charge in [0, 0.05) is 31.3 Å². The van der Waals surface area contributed by atoms with E-state index in [1.807, 2.05) is 12.1 Å². The molecule has 7 nitrogen and oxygen atoms in total. The van der Waals surface area contributed by atoms with E-state index < -0.39 is 0 Å². The maximum atomic E-state index is 11.3. The van der Waals surface area contributed by atoms with Crippen LogP contribution in [0.1, 0.15) is 11.1 Å². The average Bonchev–Trinajstić information content (AvgIpc) is 3.39. The van der Waals surface area contributed by atoms with Crippen molar-refractivity contribution in [1.82, 2.24) is 10.6 Å². The first-order valence-corrected chi connectivity index (χ1v) is 8.30.